The molecule has 0 aromatic heterocycles. The minimum atomic E-state index is -0.214. The summed E-state index contributed by atoms with van der Waals surface area (Å²) in [4.78, 5) is 16.5. The molecular formula is C17H26FN3O2. The highest BCUT2D eigenvalue weighted by atomic mass is 19.1. The highest BCUT2D eigenvalue weighted by Crippen LogP contribution is 2.11. The molecule has 5 nitrogen and oxygen atoms in total. The van der Waals surface area contributed by atoms with E-state index in [0.29, 0.717) is 19.5 Å². The fraction of sp³-hybridized carbons (Fsp3) is 0.588. The molecule has 1 aromatic carbocycles. The van der Waals surface area contributed by atoms with Crippen molar-refractivity contribution in [1.29, 1.82) is 0 Å². The van der Waals surface area contributed by atoms with Gasteiger partial charge in [-0.3, -0.25) is 9.69 Å². The SMILES string of the molecule is COC(CN)CC(=O)N1CCCN(Cc2ccc(F)cc2)CC1. The molecule has 1 aliphatic rings. The number of amides is 1. The number of halogens is 1. The summed E-state index contributed by atoms with van der Waals surface area (Å²) in [6.07, 6.45) is 1.07. The highest BCUT2D eigenvalue weighted by Gasteiger charge is 2.21. The van der Waals surface area contributed by atoms with Crippen LogP contribution in [-0.4, -0.2) is 61.6 Å². The molecule has 6 heteroatoms. The van der Waals surface area contributed by atoms with E-state index in [2.05, 4.69) is 4.90 Å². The summed E-state index contributed by atoms with van der Waals surface area (Å²) in [5.41, 5.74) is 6.67. The van der Waals surface area contributed by atoms with Gasteiger partial charge in [-0.2, -0.15) is 0 Å². The van der Waals surface area contributed by atoms with E-state index in [4.69, 9.17) is 10.5 Å². The molecule has 1 saturated heterocycles. The minimum Gasteiger partial charge on any atom is -0.380 e. The maximum absolute atomic E-state index is 13.0. The molecule has 2 N–H and O–H groups in total. The first kappa shape index (κ1) is 17.8. The van der Waals surface area contributed by atoms with E-state index < -0.39 is 0 Å². The summed E-state index contributed by atoms with van der Waals surface area (Å²) in [6, 6.07) is 6.60. The zero-order valence-electron chi connectivity index (χ0n) is 13.7. The van der Waals surface area contributed by atoms with Crippen molar-refractivity contribution in [2.75, 3.05) is 39.8 Å². The Kier molecular flexibility index (Phi) is 6.95. The Labute approximate surface area is 137 Å². The molecule has 23 heavy (non-hydrogen) atoms. The molecule has 1 aliphatic heterocycles. The van der Waals surface area contributed by atoms with Gasteiger partial charge in [0, 0.05) is 46.4 Å². The van der Waals surface area contributed by atoms with Crippen LogP contribution in [0.4, 0.5) is 4.39 Å². The number of carbonyl (C=O) groups excluding carboxylic acids is 1. The lowest BCUT2D eigenvalue weighted by Crippen LogP contribution is -2.38. The molecule has 128 valence electrons. The number of rotatable bonds is 6. The van der Waals surface area contributed by atoms with Crippen molar-refractivity contribution in [2.45, 2.75) is 25.5 Å². The average molecular weight is 323 g/mol. The molecule has 0 saturated carbocycles. The molecule has 0 bridgehead atoms. The Morgan fingerprint density at radius 1 is 1.26 bits per heavy atom. The predicted octanol–water partition coefficient (Wildman–Crippen LogP) is 1.22. The van der Waals surface area contributed by atoms with Crippen LogP contribution in [-0.2, 0) is 16.1 Å². The Morgan fingerprint density at radius 2 is 2.00 bits per heavy atom. The Bertz CT molecular complexity index is 491. The molecule has 2 rings (SSSR count). The van der Waals surface area contributed by atoms with E-state index in [9.17, 15) is 9.18 Å². The fourth-order valence-corrected chi connectivity index (χ4v) is 2.81. The van der Waals surface area contributed by atoms with E-state index in [-0.39, 0.29) is 17.8 Å². The van der Waals surface area contributed by atoms with Gasteiger partial charge in [-0.05, 0) is 24.1 Å². The first-order valence-corrected chi connectivity index (χ1v) is 8.10. The van der Waals surface area contributed by atoms with Crippen LogP contribution in [0.5, 0.6) is 0 Å². The van der Waals surface area contributed by atoms with Crippen LogP contribution in [0, 0.1) is 5.82 Å². The summed E-state index contributed by atoms with van der Waals surface area (Å²) in [6.45, 7) is 4.37. The number of hydrogen-bond donors (Lipinski definition) is 1. The maximum Gasteiger partial charge on any atom is 0.225 e. The summed E-state index contributed by atoms with van der Waals surface area (Å²) in [5.74, 6) is -0.111. The van der Waals surface area contributed by atoms with E-state index in [1.807, 2.05) is 17.0 Å². The zero-order valence-corrected chi connectivity index (χ0v) is 13.7. The van der Waals surface area contributed by atoms with Gasteiger partial charge in [-0.15, -0.1) is 0 Å². The van der Waals surface area contributed by atoms with Gasteiger partial charge in [0.05, 0.1) is 12.5 Å². The topological polar surface area (TPSA) is 58.8 Å². The number of ether oxygens (including phenoxy) is 1. The molecule has 0 radical (unpaired) electrons. The van der Waals surface area contributed by atoms with Crippen molar-refractivity contribution < 1.29 is 13.9 Å². The van der Waals surface area contributed by atoms with Crippen LogP contribution in [0.2, 0.25) is 0 Å². The number of methoxy groups -OCH3 is 1. The van der Waals surface area contributed by atoms with Crippen molar-refractivity contribution >= 4 is 5.91 Å². The van der Waals surface area contributed by atoms with Crippen LogP contribution in [0.3, 0.4) is 0 Å². The minimum absolute atomic E-state index is 0.103. The van der Waals surface area contributed by atoms with E-state index in [0.717, 1.165) is 38.2 Å². The lowest BCUT2D eigenvalue weighted by Gasteiger charge is -2.23. The maximum atomic E-state index is 13.0. The van der Waals surface area contributed by atoms with Gasteiger partial charge in [0.15, 0.2) is 0 Å². The standard InChI is InChI=1S/C17H26FN3O2/c1-23-16(12-19)11-17(22)21-8-2-7-20(9-10-21)13-14-3-5-15(18)6-4-14/h3-6,16H,2,7-13,19H2,1H3. The molecule has 1 atom stereocenters. The van der Waals surface area contributed by atoms with Crippen molar-refractivity contribution in [3.8, 4) is 0 Å². The quantitative estimate of drug-likeness (QED) is 0.855. The van der Waals surface area contributed by atoms with Crippen LogP contribution in [0.1, 0.15) is 18.4 Å². The molecule has 1 fully saturated rings. The summed E-state index contributed by atoms with van der Waals surface area (Å²) in [7, 11) is 1.58. The van der Waals surface area contributed by atoms with Crippen LogP contribution in [0.15, 0.2) is 24.3 Å². The Hall–Kier alpha value is -1.50. The van der Waals surface area contributed by atoms with Gasteiger partial charge >= 0.3 is 0 Å². The van der Waals surface area contributed by atoms with Crippen molar-refractivity contribution in [3.63, 3.8) is 0 Å². The lowest BCUT2D eigenvalue weighted by molar-refractivity contribution is -0.133. The third kappa shape index (κ3) is 5.57. The Morgan fingerprint density at radius 3 is 2.65 bits per heavy atom. The van der Waals surface area contributed by atoms with Gasteiger partial charge in [0.25, 0.3) is 0 Å². The predicted molar refractivity (Wildman–Crippen MR) is 87.3 cm³/mol. The number of carbonyl (C=O) groups is 1. The number of benzene rings is 1. The normalized spacial score (nSPS) is 17.8. The van der Waals surface area contributed by atoms with Crippen LogP contribution < -0.4 is 5.73 Å². The van der Waals surface area contributed by atoms with Crippen molar-refractivity contribution in [1.82, 2.24) is 9.80 Å². The van der Waals surface area contributed by atoms with Gasteiger partial charge in [0.2, 0.25) is 5.91 Å². The molecule has 0 aliphatic carbocycles. The number of nitrogens with zero attached hydrogens (tertiary/aromatic N) is 2. The summed E-state index contributed by atoms with van der Waals surface area (Å²) in [5, 5.41) is 0. The second-order valence-electron chi connectivity index (χ2n) is 5.93. The largest absolute Gasteiger partial charge is 0.380 e. The van der Waals surface area contributed by atoms with Crippen LogP contribution >= 0.6 is 0 Å². The van der Waals surface area contributed by atoms with Gasteiger partial charge in [0.1, 0.15) is 5.82 Å². The Balaban J connectivity index is 1.84. The average Bonchev–Trinajstić information content (AvgIpc) is 2.80. The molecule has 1 aromatic rings. The van der Waals surface area contributed by atoms with Gasteiger partial charge < -0.3 is 15.4 Å². The molecule has 0 spiro atoms. The van der Waals surface area contributed by atoms with Gasteiger partial charge in [-0.1, -0.05) is 12.1 Å². The molecular weight excluding hydrogens is 297 g/mol. The number of hydrogen-bond acceptors (Lipinski definition) is 4. The second-order valence-corrected chi connectivity index (χ2v) is 5.93. The van der Waals surface area contributed by atoms with E-state index in [1.54, 1.807) is 7.11 Å². The van der Waals surface area contributed by atoms with E-state index >= 15 is 0 Å². The molecule has 1 amide bonds. The van der Waals surface area contributed by atoms with Crippen molar-refractivity contribution in [2.24, 2.45) is 5.73 Å². The van der Waals surface area contributed by atoms with Gasteiger partial charge in [-0.25, -0.2) is 4.39 Å². The summed E-state index contributed by atoms with van der Waals surface area (Å²) < 4.78 is 18.1. The first-order valence-electron chi connectivity index (χ1n) is 8.10. The third-order valence-electron chi connectivity index (χ3n) is 4.26. The lowest BCUT2D eigenvalue weighted by atomic mass is 10.2. The second kappa shape index (κ2) is 8.96. The third-order valence-corrected chi connectivity index (χ3v) is 4.26. The monoisotopic (exact) mass is 323 g/mol. The fourth-order valence-electron chi connectivity index (χ4n) is 2.81. The summed E-state index contributed by atoms with van der Waals surface area (Å²) >= 11 is 0. The van der Waals surface area contributed by atoms with Crippen molar-refractivity contribution in [3.05, 3.63) is 35.6 Å². The van der Waals surface area contributed by atoms with Crippen LogP contribution in [0.25, 0.3) is 0 Å². The highest BCUT2D eigenvalue weighted by molar-refractivity contribution is 5.76. The molecule has 1 heterocycles. The first-order chi connectivity index (χ1) is 11.1. The smallest absolute Gasteiger partial charge is 0.225 e. The zero-order chi connectivity index (χ0) is 16.7. The number of nitrogens with two attached hydrogens (primary N) is 1. The molecule has 1 unspecified atom stereocenters. The van der Waals surface area contributed by atoms with E-state index in [1.165, 1.54) is 12.1 Å².